The molecule has 20 heavy (non-hydrogen) atoms. The molecule has 2 heterocycles. The minimum atomic E-state index is -0.267. The lowest BCUT2D eigenvalue weighted by Gasteiger charge is -2.36. The van der Waals surface area contributed by atoms with Crippen LogP contribution in [0.3, 0.4) is 0 Å². The van der Waals surface area contributed by atoms with E-state index in [0.717, 1.165) is 44.4 Å². The van der Waals surface area contributed by atoms with E-state index in [4.69, 9.17) is 11.6 Å². The number of hydrogen-bond donors (Lipinski definition) is 1. The number of anilines is 1. The molecule has 1 aromatic rings. The Hall–Kier alpha value is -0.910. The van der Waals surface area contributed by atoms with E-state index in [1.54, 1.807) is 0 Å². The van der Waals surface area contributed by atoms with E-state index in [2.05, 4.69) is 19.8 Å². The van der Waals surface area contributed by atoms with Crippen LogP contribution in [-0.4, -0.2) is 58.8 Å². The maximum absolute atomic E-state index is 9.44. The fourth-order valence-electron chi connectivity index (χ4n) is 2.64. The smallest absolute Gasteiger partial charge is 0.135 e. The molecule has 0 bridgehead atoms. The second-order valence-electron chi connectivity index (χ2n) is 5.82. The van der Waals surface area contributed by atoms with Crippen LogP contribution in [0.2, 0.25) is 5.15 Å². The van der Waals surface area contributed by atoms with Crippen LogP contribution in [0, 0.1) is 0 Å². The van der Waals surface area contributed by atoms with E-state index >= 15 is 0 Å². The first-order valence-corrected chi connectivity index (χ1v) is 7.69. The van der Waals surface area contributed by atoms with E-state index in [1.165, 1.54) is 12.8 Å². The Morgan fingerprint density at radius 2 is 2.00 bits per heavy atom. The third kappa shape index (κ3) is 3.40. The van der Waals surface area contributed by atoms with Crippen LogP contribution in [0.5, 0.6) is 0 Å². The zero-order valence-corrected chi connectivity index (χ0v) is 12.6. The highest BCUT2D eigenvalue weighted by atomic mass is 35.5. The monoisotopic (exact) mass is 296 g/mol. The topological polar surface area (TPSA) is 52.5 Å². The first-order valence-electron chi connectivity index (χ1n) is 7.31. The van der Waals surface area contributed by atoms with Gasteiger partial charge in [0.25, 0.3) is 0 Å². The van der Waals surface area contributed by atoms with Gasteiger partial charge in [-0.2, -0.15) is 0 Å². The molecule has 2 aliphatic rings. The number of rotatable bonds is 4. The van der Waals surface area contributed by atoms with E-state index in [9.17, 15) is 5.11 Å². The summed E-state index contributed by atoms with van der Waals surface area (Å²) in [4.78, 5) is 13.5. The molecule has 1 saturated carbocycles. The van der Waals surface area contributed by atoms with Crippen LogP contribution < -0.4 is 4.90 Å². The number of piperazine rings is 1. The summed E-state index contributed by atoms with van der Waals surface area (Å²) < 4.78 is 0. The van der Waals surface area contributed by atoms with Gasteiger partial charge < -0.3 is 10.0 Å². The number of aliphatic hydroxyl groups is 1. The number of aromatic nitrogens is 2. The predicted molar refractivity (Wildman–Crippen MR) is 79.4 cm³/mol. The normalized spacial score (nSPS) is 22.1. The highest BCUT2D eigenvalue weighted by Gasteiger charge is 2.28. The van der Waals surface area contributed by atoms with Crippen LogP contribution >= 0.6 is 11.6 Å². The van der Waals surface area contributed by atoms with Crippen LogP contribution in [0.1, 0.15) is 31.5 Å². The molecule has 0 aromatic carbocycles. The van der Waals surface area contributed by atoms with Gasteiger partial charge in [-0.3, -0.25) is 4.90 Å². The summed E-state index contributed by atoms with van der Waals surface area (Å²) in [6.07, 6.45) is 2.10. The minimum absolute atomic E-state index is 0.267. The molecular formula is C14H21ClN4O. The van der Waals surface area contributed by atoms with Gasteiger partial charge in [-0.1, -0.05) is 11.6 Å². The van der Waals surface area contributed by atoms with Gasteiger partial charge in [0.15, 0.2) is 0 Å². The summed E-state index contributed by atoms with van der Waals surface area (Å²) in [5, 5.41) is 9.98. The maximum atomic E-state index is 9.44. The summed E-state index contributed by atoms with van der Waals surface area (Å²) >= 11 is 6.12. The molecule has 1 saturated heterocycles. The zero-order chi connectivity index (χ0) is 14.1. The van der Waals surface area contributed by atoms with Gasteiger partial charge in [0.1, 0.15) is 16.8 Å². The van der Waals surface area contributed by atoms with Crippen molar-refractivity contribution in [2.45, 2.75) is 31.8 Å². The summed E-state index contributed by atoms with van der Waals surface area (Å²) in [5.41, 5.74) is 0. The van der Waals surface area contributed by atoms with Crippen molar-refractivity contribution >= 4 is 17.4 Å². The fourth-order valence-corrected chi connectivity index (χ4v) is 2.83. The van der Waals surface area contributed by atoms with Crippen LogP contribution in [0.25, 0.3) is 0 Å². The van der Waals surface area contributed by atoms with Crippen molar-refractivity contribution in [3.63, 3.8) is 0 Å². The molecule has 1 aliphatic heterocycles. The van der Waals surface area contributed by atoms with Crippen molar-refractivity contribution in [3.05, 3.63) is 17.0 Å². The SMILES string of the molecule is C[C@@H](O)CN1CCN(c2cc(Cl)nc(C3CC3)n2)CC1. The molecule has 0 radical (unpaired) electrons. The Labute approximate surface area is 124 Å². The van der Waals surface area contributed by atoms with Gasteiger partial charge in [-0.25, -0.2) is 9.97 Å². The number of halogens is 1. The average Bonchev–Trinajstić information content (AvgIpc) is 3.22. The van der Waals surface area contributed by atoms with Crippen molar-refractivity contribution in [2.24, 2.45) is 0 Å². The lowest BCUT2D eigenvalue weighted by molar-refractivity contribution is 0.122. The molecule has 1 aromatic heterocycles. The van der Waals surface area contributed by atoms with Crippen LogP contribution in [0.4, 0.5) is 5.82 Å². The number of nitrogens with zero attached hydrogens (tertiary/aromatic N) is 4. The number of hydrogen-bond acceptors (Lipinski definition) is 5. The molecular weight excluding hydrogens is 276 g/mol. The van der Waals surface area contributed by atoms with Crippen molar-refractivity contribution in [1.29, 1.82) is 0 Å². The van der Waals surface area contributed by atoms with Gasteiger partial charge in [-0.15, -0.1) is 0 Å². The molecule has 0 unspecified atom stereocenters. The second-order valence-corrected chi connectivity index (χ2v) is 6.21. The average molecular weight is 297 g/mol. The van der Waals surface area contributed by atoms with Gasteiger partial charge in [0.05, 0.1) is 6.10 Å². The Balaban J connectivity index is 1.65. The third-order valence-corrected chi connectivity index (χ3v) is 4.05. The maximum Gasteiger partial charge on any atom is 0.135 e. The molecule has 3 rings (SSSR count). The van der Waals surface area contributed by atoms with E-state index in [-0.39, 0.29) is 6.10 Å². The second kappa shape index (κ2) is 5.84. The first-order chi connectivity index (χ1) is 9.61. The quantitative estimate of drug-likeness (QED) is 0.854. The molecule has 2 fully saturated rings. The molecule has 1 atom stereocenters. The third-order valence-electron chi connectivity index (χ3n) is 3.86. The Kier molecular flexibility index (Phi) is 4.10. The molecule has 110 valence electrons. The summed E-state index contributed by atoms with van der Waals surface area (Å²) in [7, 11) is 0. The molecule has 5 nitrogen and oxygen atoms in total. The van der Waals surface area contributed by atoms with Gasteiger partial charge in [-0.05, 0) is 19.8 Å². The van der Waals surface area contributed by atoms with Gasteiger partial charge in [0, 0.05) is 44.7 Å². The molecule has 1 aliphatic carbocycles. The van der Waals surface area contributed by atoms with Gasteiger partial charge >= 0.3 is 0 Å². The number of β-amino-alcohol motifs (C(OH)–C–C–N with tert-alkyl or cyclic N) is 1. The lowest BCUT2D eigenvalue weighted by Crippen LogP contribution is -2.48. The Bertz CT molecular complexity index is 470. The van der Waals surface area contributed by atoms with Crippen molar-refractivity contribution in [2.75, 3.05) is 37.6 Å². The van der Waals surface area contributed by atoms with Crippen LogP contribution in [0.15, 0.2) is 6.07 Å². The van der Waals surface area contributed by atoms with Gasteiger partial charge in [0.2, 0.25) is 0 Å². The van der Waals surface area contributed by atoms with Crippen molar-refractivity contribution in [3.8, 4) is 0 Å². The van der Waals surface area contributed by atoms with E-state index in [0.29, 0.717) is 11.1 Å². The van der Waals surface area contributed by atoms with Crippen molar-refractivity contribution < 1.29 is 5.11 Å². The summed E-state index contributed by atoms with van der Waals surface area (Å²) in [5.74, 6) is 2.37. The molecule has 0 amide bonds. The fraction of sp³-hybridized carbons (Fsp3) is 0.714. The highest BCUT2D eigenvalue weighted by molar-refractivity contribution is 6.29. The summed E-state index contributed by atoms with van der Waals surface area (Å²) in [6.45, 7) is 6.31. The minimum Gasteiger partial charge on any atom is -0.392 e. The lowest BCUT2D eigenvalue weighted by atomic mass is 10.2. The van der Waals surface area contributed by atoms with E-state index in [1.807, 2.05) is 13.0 Å². The summed E-state index contributed by atoms with van der Waals surface area (Å²) in [6, 6.07) is 1.86. The first kappa shape index (κ1) is 14.0. The molecule has 0 spiro atoms. The zero-order valence-electron chi connectivity index (χ0n) is 11.8. The Morgan fingerprint density at radius 1 is 1.30 bits per heavy atom. The highest BCUT2D eigenvalue weighted by Crippen LogP contribution is 2.39. The largest absolute Gasteiger partial charge is 0.392 e. The molecule has 1 N–H and O–H groups in total. The van der Waals surface area contributed by atoms with E-state index < -0.39 is 0 Å². The molecule has 6 heteroatoms. The predicted octanol–water partition coefficient (Wildman–Crippen LogP) is 1.51. The Morgan fingerprint density at radius 3 is 2.60 bits per heavy atom. The number of aliphatic hydroxyl groups excluding tert-OH is 1. The standard InChI is InChI=1S/C14H21ClN4O/c1-10(20)9-18-4-6-19(7-5-18)13-8-12(15)16-14(17-13)11-2-3-11/h8,10-11,20H,2-7,9H2,1H3/t10-/m1/s1. The van der Waals surface area contributed by atoms with Crippen molar-refractivity contribution in [1.82, 2.24) is 14.9 Å². The van der Waals surface area contributed by atoms with Crippen LogP contribution in [-0.2, 0) is 0 Å².